The molecule has 0 atom stereocenters. The Morgan fingerprint density at radius 1 is 1.26 bits per heavy atom. The standard InChI is InChI=1S/C12H8Br3I2N2O4/c13-6-3-7(14)11(19-22)10(15)9(6)12(18)23-16-17-4-5(20)1-2-8(17)21/h3,18H,1-2,4H2/q-1. The van der Waals surface area contributed by atoms with Gasteiger partial charge in [0.1, 0.15) is 0 Å². The Hall–Kier alpha value is 0.530. The summed E-state index contributed by atoms with van der Waals surface area (Å²) in [5.74, 6) is 0.000136. The molecule has 6 nitrogen and oxygen atoms in total. The molecule has 1 aliphatic heterocycles. The van der Waals surface area contributed by atoms with Crippen LogP contribution in [0.4, 0.5) is 5.69 Å². The summed E-state index contributed by atoms with van der Waals surface area (Å²) in [5.41, 5.74) is 0.506. The number of carbonyl (C=O) groups excluding carboxylic acids is 2. The van der Waals surface area contributed by atoms with E-state index in [1.165, 1.54) is 0 Å². The Morgan fingerprint density at radius 2 is 1.96 bits per heavy atom. The van der Waals surface area contributed by atoms with Gasteiger partial charge in [0.15, 0.2) is 0 Å². The maximum atomic E-state index is 11.9. The second kappa shape index (κ2) is 8.76. The van der Waals surface area contributed by atoms with E-state index < -0.39 is 33.5 Å². The molecule has 23 heavy (non-hydrogen) atoms. The first-order valence-electron chi connectivity index (χ1n) is 5.98. The Morgan fingerprint density at radius 3 is 2.61 bits per heavy atom. The molecule has 1 saturated heterocycles. The first-order valence-corrected chi connectivity index (χ1v) is 18.1. The van der Waals surface area contributed by atoms with Gasteiger partial charge in [-0.3, -0.25) is 0 Å². The first kappa shape index (κ1) is 19.8. The molecular weight excluding hydrogens is 730 g/mol. The molecule has 1 fully saturated rings. The number of ketones is 1. The van der Waals surface area contributed by atoms with Crippen molar-refractivity contribution in [1.82, 2.24) is 0 Å². The summed E-state index contributed by atoms with van der Waals surface area (Å²) in [6, 6.07) is 1.61. The van der Waals surface area contributed by atoms with E-state index in [-0.39, 0.29) is 21.2 Å². The Labute approximate surface area is 171 Å². The van der Waals surface area contributed by atoms with E-state index >= 15 is 0 Å². The summed E-state index contributed by atoms with van der Waals surface area (Å²) < 4.78 is 7.49. The van der Waals surface area contributed by atoms with Crippen molar-refractivity contribution in [3.8, 4) is 0 Å². The van der Waals surface area contributed by atoms with Crippen molar-refractivity contribution in [1.29, 1.82) is 5.41 Å². The van der Waals surface area contributed by atoms with Crippen LogP contribution in [-0.4, -0.2) is 19.9 Å². The molecule has 0 radical (unpaired) electrons. The van der Waals surface area contributed by atoms with Gasteiger partial charge in [0.05, 0.1) is 0 Å². The number of nitroso groups, excluding NO2 is 1. The number of Topliss-reactive ketones (excluding diaryl/α,β-unsaturated/α-hetero) is 1. The van der Waals surface area contributed by atoms with Gasteiger partial charge in [0, 0.05) is 0 Å². The van der Waals surface area contributed by atoms with Crippen LogP contribution in [0.25, 0.3) is 0 Å². The molecule has 0 bridgehead atoms. The second-order valence-electron chi connectivity index (χ2n) is 4.27. The van der Waals surface area contributed by atoms with Crippen molar-refractivity contribution in [2.45, 2.75) is 12.8 Å². The van der Waals surface area contributed by atoms with E-state index in [0.717, 1.165) is 0 Å². The van der Waals surface area contributed by atoms with Crippen molar-refractivity contribution >= 4 is 84.8 Å². The third-order valence-electron chi connectivity index (χ3n) is 2.74. The molecule has 11 heteroatoms. The van der Waals surface area contributed by atoms with Crippen LogP contribution in [0.15, 0.2) is 24.7 Å². The predicted octanol–water partition coefficient (Wildman–Crippen LogP) is 2.03. The average Bonchev–Trinajstić information content (AvgIpc) is 2.48. The first-order chi connectivity index (χ1) is 10.8. The van der Waals surface area contributed by atoms with Crippen LogP contribution in [0.1, 0.15) is 18.4 Å². The molecular formula is C12H8Br3I2N2O4-. The fourth-order valence-corrected chi connectivity index (χ4v) is 15.6. The van der Waals surface area contributed by atoms with Gasteiger partial charge in [-0.05, 0) is 0 Å². The summed E-state index contributed by atoms with van der Waals surface area (Å²) in [5, 5.41) is 11.0. The molecule has 126 valence electrons. The third kappa shape index (κ3) is 4.79. The quantitative estimate of drug-likeness (QED) is 0.128. The zero-order valence-electron chi connectivity index (χ0n) is 11.2. The molecule has 0 aliphatic carbocycles. The van der Waals surface area contributed by atoms with E-state index in [1.807, 2.05) is 0 Å². The molecule has 1 aliphatic rings. The summed E-state index contributed by atoms with van der Waals surface area (Å²) >= 11 is 6.76. The van der Waals surface area contributed by atoms with Crippen LogP contribution < -0.4 is 17.6 Å². The average molecular weight is 738 g/mol. The summed E-state index contributed by atoms with van der Waals surface area (Å²) in [6.45, 7) is 0. The van der Waals surface area contributed by atoms with Gasteiger partial charge in [-0.1, -0.05) is 0 Å². The predicted molar refractivity (Wildman–Crippen MR) is 101 cm³/mol. The Kier molecular flexibility index (Phi) is 7.56. The number of benzene rings is 1. The van der Waals surface area contributed by atoms with Gasteiger partial charge in [-0.15, -0.1) is 0 Å². The molecule has 1 N–H and O–H groups in total. The van der Waals surface area contributed by atoms with Crippen LogP contribution in [0.3, 0.4) is 0 Å². The number of hydrogen-bond donors (Lipinski definition) is 1. The van der Waals surface area contributed by atoms with Gasteiger partial charge in [-0.2, -0.15) is 0 Å². The molecule has 0 saturated carbocycles. The zero-order chi connectivity index (χ0) is 17.1. The van der Waals surface area contributed by atoms with Gasteiger partial charge in [0.2, 0.25) is 0 Å². The molecule has 0 spiro atoms. The van der Waals surface area contributed by atoms with Crippen molar-refractivity contribution in [2.24, 2.45) is 5.18 Å². The number of nitrogens with zero attached hydrogens (tertiary/aromatic N) is 1. The summed E-state index contributed by atoms with van der Waals surface area (Å²) in [4.78, 5) is 34.3. The topological polar surface area (TPSA) is 96.7 Å². The van der Waals surface area contributed by atoms with Gasteiger partial charge < -0.3 is 0 Å². The number of alkyl halides is 1. The van der Waals surface area contributed by atoms with Crippen LogP contribution in [0.5, 0.6) is 0 Å². The fourth-order valence-electron chi connectivity index (χ4n) is 1.64. The van der Waals surface area contributed by atoms with Gasteiger partial charge >= 0.3 is 173 Å². The van der Waals surface area contributed by atoms with E-state index in [1.54, 1.807) is 6.07 Å². The molecule has 1 aromatic rings. The van der Waals surface area contributed by atoms with Crippen molar-refractivity contribution in [3.05, 3.63) is 30.0 Å². The minimum atomic E-state index is -2.07. The van der Waals surface area contributed by atoms with Crippen molar-refractivity contribution in [2.75, 3.05) is 4.43 Å². The van der Waals surface area contributed by atoms with Crippen LogP contribution >= 0.6 is 63.6 Å². The van der Waals surface area contributed by atoms with Crippen molar-refractivity contribution in [3.63, 3.8) is 0 Å². The van der Waals surface area contributed by atoms with Crippen LogP contribution in [-0.2, 0) is 12.7 Å². The number of carbonyl (C=O) groups is 2. The van der Waals surface area contributed by atoms with E-state index in [4.69, 9.17) is 8.48 Å². The molecule has 2 rings (SSSR count). The van der Waals surface area contributed by atoms with Gasteiger partial charge in [-0.25, -0.2) is 0 Å². The normalized spacial score (nSPS) is 16.6. The second-order valence-corrected chi connectivity index (χ2v) is 20.1. The SMILES string of the molecule is N=C(O[I-]I1CC(=O)CCC1=O)c1c(Br)cc(Br)c(N=O)c1Br. The number of hydrogen-bond acceptors (Lipinski definition) is 6. The molecule has 0 amide bonds. The fraction of sp³-hybridized carbons (Fsp3) is 0.250. The van der Waals surface area contributed by atoms with Crippen LogP contribution in [0, 0.1) is 10.3 Å². The van der Waals surface area contributed by atoms with E-state index in [9.17, 15) is 14.5 Å². The van der Waals surface area contributed by atoms with Gasteiger partial charge in [0.25, 0.3) is 0 Å². The monoisotopic (exact) mass is 735 g/mol. The Balaban J connectivity index is 2.17. The van der Waals surface area contributed by atoms with E-state index in [0.29, 0.717) is 36.3 Å². The molecule has 1 heterocycles. The number of nitrogens with one attached hydrogen (secondary N) is 1. The third-order valence-corrected chi connectivity index (χ3v) is 17.9. The Bertz CT molecular complexity index is 714. The molecule has 1 aromatic carbocycles. The van der Waals surface area contributed by atoms with E-state index in [2.05, 4.69) is 53.0 Å². The number of halogens is 5. The van der Waals surface area contributed by atoms with Crippen LogP contribution in [0.2, 0.25) is 0 Å². The minimum absolute atomic E-state index is 0.128. The summed E-state index contributed by atoms with van der Waals surface area (Å²) in [7, 11) is 0. The van der Waals surface area contributed by atoms with Crippen molar-refractivity contribution < 1.29 is 30.3 Å². The maximum absolute atomic E-state index is 11.9. The molecule has 0 aromatic heterocycles. The molecule has 0 unspecified atom stereocenters. The number of rotatable bonds is 4. The zero-order valence-corrected chi connectivity index (χ0v) is 20.2. The summed E-state index contributed by atoms with van der Waals surface area (Å²) in [6.07, 6.45) is 0.664.